The maximum atomic E-state index is 9.61. The van der Waals surface area contributed by atoms with Crippen molar-refractivity contribution in [3.8, 4) is 0 Å². The first-order chi connectivity index (χ1) is 7.38. The largest absolute Gasteiger partial charge is 0.390 e. The molecule has 1 nitrogen and oxygen atoms in total. The third kappa shape index (κ3) is 4.80. The molecule has 1 heteroatoms. The van der Waals surface area contributed by atoms with E-state index in [2.05, 4.69) is 38.1 Å². The Balaban J connectivity index is 2.44. The minimum atomic E-state index is -0.530. The molecule has 0 aliphatic rings. The fraction of sp³-hybridized carbons (Fsp3) is 0.600. The number of hydrogen-bond acceptors (Lipinski definition) is 1. The van der Waals surface area contributed by atoms with Crippen molar-refractivity contribution >= 4 is 0 Å². The van der Waals surface area contributed by atoms with Gasteiger partial charge < -0.3 is 5.11 Å². The van der Waals surface area contributed by atoms with Gasteiger partial charge >= 0.3 is 0 Å². The lowest BCUT2D eigenvalue weighted by molar-refractivity contribution is 0.0689. The molecule has 1 aromatic rings. The first-order valence-electron chi connectivity index (χ1n) is 6.20. The summed E-state index contributed by atoms with van der Waals surface area (Å²) in [6, 6.07) is 8.84. The zero-order valence-electron chi connectivity index (χ0n) is 11.0. The molecule has 16 heavy (non-hydrogen) atoms. The summed E-state index contributed by atoms with van der Waals surface area (Å²) in [4.78, 5) is 0. The Morgan fingerprint density at radius 1 is 1.12 bits per heavy atom. The molecule has 0 fully saturated rings. The van der Waals surface area contributed by atoms with Crippen molar-refractivity contribution in [2.45, 2.75) is 58.5 Å². The maximum Gasteiger partial charge on any atom is 0.0591 e. The third-order valence-electron chi connectivity index (χ3n) is 2.90. The van der Waals surface area contributed by atoms with Crippen LogP contribution in [0.2, 0.25) is 0 Å². The summed E-state index contributed by atoms with van der Waals surface area (Å²) in [5.41, 5.74) is 2.23. The monoisotopic (exact) mass is 220 g/mol. The van der Waals surface area contributed by atoms with E-state index < -0.39 is 5.60 Å². The van der Waals surface area contributed by atoms with E-state index in [1.165, 1.54) is 11.1 Å². The Bertz CT molecular complexity index is 303. The maximum absolute atomic E-state index is 9.61. The van der Waals surface area contributed by atoms with Gasteiger partial charge in [0.05, 0.1) is 5.60 Å². The van der Waals surface area contributed by atoms with Crippen LogP contribution in [0.4, 0.5) is 0 Å². The van der Waals surface area contributed by atoms with Crippen LogP contribution < -0.4 is 0 Å². The number of aliphatic hydroxyl groups is 1. The SMILES string of the molecule is CC(C)c1ccc(CCCC(C)(C)O)cc1. The van der Waals surface area contributed by atoms with Gasteiger partial charge in [-0.2, -0.15) is 0 Å². The lowest BCUT2D eigenvalue weighted by Gasteiger charge is -2.16. The highest BCUT2D eigenvalue weighted by Gasteiger charge is 2.11. The fourth-order valence-electron chi connectivity index (χ4n) is 1.79. The molecule has 1 N–H and O–H groups in total. The van der Waals surface area contributed by atoms with Crippen LogP contribution in [-0.4, -0.2) is 10.7 Å². The van der Waals surface area contributed by atoms with Gasteiger partial charge in [0.1, 0.15) is 0 Å². The number of aryl methyl sites for hydroxylation is 1. The Morgan fingerprint density at radius 3 is 2.12 bits per heavy atom. The van der Waals surface area contributed by atoms with Crippen LogP contribution >= 0.6 is 0 Å². The van der Waals surface area contributed by atoms with Crippen LogP contribution in [0, 0.1) is 0 Å². The van der Waals surface area contributed by atoms with Gasteiger partial charge in [0.2, 0.25) is 0 Å². The van der Waals surface area contributed by atoms with Gasteiger partial charge in [-0.3, -0.25) is 0 Å². The fourth-order valence-corrected chi connectivity index (χ4v) is 1.79. The summed E-state index contributed by atoms with van der Waals surface area (Å²) in [5, 5.41) is 9.61. The Labute approximate surface area is 99.5 Å². The van der Waals surface area contributed by atoms with Crippen LogP contribution in [0.1, 0.15) is 57.6 Å². The number of hydrogen-bond donors (Lipinski definition) is 1. The van der Waals surface area contributed by atoms with Gasteiger partial charge in [0.15, 0.2) is 0 Å². The Morgan fingerprint density at radius 2 is 1.69 bits per heavy atom. The molecular formula is C15H24O. The second-order valence-corrected chi connectivity index (χ2v) is 5.56. The molecule has 0 heterocycles. The summed E-state index contributed by atoms with van der Waals surface area (Å²) < 4.78 is 0. The molecule has 1 rings (SSSR count). The predicted molar refractivity (Wildman–Crippen MR) is 69.8 cm³/mol. The second kappa shape index (κ2) is 5.49. The molecule has 0 amide bonds. The van der Waals surface area contributed by atoms with E-state index in [1.54, 1.807) is 0 Å². The van der Waals surface area contributed by atoms with Crippen LogP contribution in [0.15, 0.2) is 24.3 Å². The van der Waals surface area contributed by atoms with E-state index in [0.717, 1.165) is 19.3 Å². The van der Waals surface area contributed by atoms with Crippen molar-refractivity contribution < 1.29 is 5.11 Å². The molecule has 0 bridgehead atoms. The summed E-state index contributed by atoms with van der Waals surface area (Å²) >= 11 is 0. The van der Waals surface area contributed by atoms with Crippen molar-refractivity contribution in [3.63, 3.8) is 0 Å². The van der Waals surface area contributed by atoms with Gasteiger partial charge in [-0.25, -0.2) is 0 Å². The molecule has 1 aromatic carbocycles. The molecule has 0 aliphatic carbocycles. The molecule has 0 aromatic heterocycles. The Hall–Kier alpha value is -0.820. The lowest BCUT2D eigenvalue weighted by Crippen LogP contribution is -2.18. The van der Waals surface area contributed by atoms with E-state index in [-0.39, 0.29) is 0 Å². The van der Waals surface area contributed by atoms with E-state index in [0.29, 0.717) is 5.92 Å². The van der Waals surface area contributed by atoms with Crippen molar-refractivity contribution in [1.29, 1.82) is 0 Å². The predicted octanol–water partition coefficient (Wildman–Crippen LogP) is 3.90. The molecule has 0 spiro atoms. The lowest BCUT2D eigenvalue weighted by atomic mass is 9.97. The number of benzene rings is 1. The van der Waals surface area contributed by atoms with Gasteiger partial charge in [-0.05, 0) is 50.2 Å². The highest BCUT2D eigenvalue weighted by molar-refractivity contribution is 5.24. The Kier molecular flexibility index (Phi) is 4.55. The summed E-state index contributed by atoms with van der Waals surface area (Å²) in [5.74, 6) is 0.602. The minimum Gasteiger partial charge on any atom is -0.390 e. The summed E-state index contributed by atoms with van der Waals surface area (Å²) in [6.45, 7) is 8.16. The first kappa shape index (κ1) is 13.2. The zero-order chi connectivity index (χ0) is 12.2. The molecule has 0 atom stereocenters. The standard InChI is InChI=1S/C15H24O/c1-12(2)14-9-7-13(8-10-14)6-5-11-15(3,4)16/h7-10,12,16H,5-6,11H2,1-4H3. The van der Waals surface area contributed by atoms with Crippen LogP contribution in [0.3, 0.4) is 0 Å². The summed E-state index contributed by atoms with van der Waals surface area (Å²) in [7, 11) is 0. The van der Waals surface area contributed by atoms with Gasteiger partial charge in [-0.15, -0.1) is 0 Å². The summed E-state index contributed by atoms with van der Waals surface area (Å²) in [6.07, 6.45) is 2.96. The molecular weight excluding hydrogens is 196 g/mol. The normalized spacial score (nSPS) is 12.1. The van der Waals surface area contributed by atoms with Crippen molar-refractivity contribution in [1.82, 2.24) is 0 Å². The van der Waals surface area contributed by atoms with Crippen molar-refractivity contribution in [2.24, 2.45) is 0 Å². The molecule has 0 radical (unpaired) electrons. The molecule has 0 unspecified atom stereocenters. The van der Waals surface area contributed by atoms with E-state index in [1.807, 2.05) is 13.8 Å². The quantitative estimate of drug-likeness (QED) is 0.798. The van der Waals surface area contributed by atoms with E-state index in [4.69, 9.17) is 0 Å². The minimum absolute atomic E-state index is 0.530. The van der Waals surface area contributed by atoms with Crippen LogP contribution in [0.25, 0.3) is 0 Å². The first-order valence-corrected chi connectivity index (χ1v) is 6.20. The van der Waals surface area contributed by atoms with Gasteiger partial charge in [0, 0.05) is 0 Å². The third-order valence-corrected chi connectivity index (χ3v) is 2.90. The second-order valence-electron chi connectivity index (χ2n) is 5.56. The van der Waals surface area contributed by atoms with Crippen LogP contribution in [0.5, 0.6) is 0 Å². The average molecular weight is 220 g/mol. The van der Waals surface area contributed by atoms with Crippen molar-refractivity contribution in [2.75, 3.05) is 0 Å². The molecule has 0 aliphatic heterocycles. The van der Waals surface area contributed by atoms with E-state index in [9.17, 15) is 5.11 Å². The highest BCUT2D eigenvalue weighted by atomic mass is 16.3. The van der Waals surface area contributed by atoms with Gasteiger partial charge in [-0.1, -0.05) is 38.1 Å². The average Bonchev–Trinajstić information content (AvgIpc) is 2.16. The van der Waals surface area contributed by atoms with Gasteiger partial charge in [0.25, 0.3) is 0 Å². The smallest absolute Gasteiger partial charge is 0.0591 e. The highest BCUT2D eigenvalue weighted by Crippen LogP contribution is 2.17. The number of rotatable bonds is 5. The van der Waals surface area contributed by atoms with E-state index >= 15 is 0 Å². The van der Waals surface area contributed by atoms with Crippen LogP contribution in [-0.2, 0) is 6.42 Å². The zero-order valence-corrected chi connectivity index (χ0v) is 11.0. The molecule has 90 valence electrons. The van der Waals surface area contributed by atoms with Crippen molar-refractivity contribution in [3.05, 3.63) is 35.4 Å². The molecule has 0 saturated heterocycles. The molecule has 0 saturated carbocycles. The topological polar surface area (TPSA) is 20.2 Å².